The highest BCUT2D eigenvalue weighted by Crippen LogP contribution is 2.31. The number of para-hydroxylation sites is 1. The van der Waals surface area contributed by atoms with Crippen LogP contribution in [-0.4, -0.2) is 14.8 Å². The van der Waals surface area contributed by atoms with Gasteiger partial charge < -0.3 is 0 Å². The lowest BCUT2D eigenvalue weighted by molar-refractivity contribution is 0.886. The summed E-state index contributed by atoms with van der Waals surface area (Å²) >= 11 is 7.77. The first kappa shape index (κ1) is 18.9. The van der Waals surface area contributed by atoms with Gasteiger partial charge in [-0.2, -0.15) is 0 Å². The minimum absolute atomic E-state index is 0.704. The number of benzene rings is 4. The van der Waals surface area contributed by atoms with E-state index < -0.39 is 0 Å². The zero-order valence-corrected chi connectivity index (χ0v) is 17.6. The van der Waals surface area contributed by atoms with Crippen LogP contribution in [0.25, 0.3) is 27.8 Å². The minimum Gasteiger partial charge on any atom is -0.270 e. The summed E-state index contributed by atoms with van der Waals surface area (Å²) in [5.74, 6) is 1.62. The van der Waals surface area contributed by atoms with Gasteiger partial charge in [0.2, 0.25) is 0 Å². The summed E-state index contributed by atoms with van der Waals surface area (Å²) in [5, 5.41) is 13.1. The Kier molecular flexibility index (Phi) is 5.26. The zero-order valence-electron chi connectivity index (χ0n) is 16.1. The van der Waals surface area contributed by atoms with Crippen molar-refractivity contribution in [3.63, 3.8) is 0 Å². The fourth-order valence-electron chi connectivity index (χ4n) is 3.52. The lowest BCUT2D eigenvalue weighted by atomic mass is 10.1. The Labute approximate surface area is 184 Å². The van der Waals surface area contributed by atoms with Crippen molar-refractivity contribution in [2.45, 2.75) is 10.9 Å². The number of nitrogens with zero attached hydrogens (tertiary/aromatic N) is 3. The predicted octanol–water partition coefficient (Wildman–Crippen LogP) is 7.03. The zero-order chi connectivity index (χ0) is 20.3. The van der Waals surface area contributed by atoms with Crippen LogP contribution in [0.15, 0.2) is 102 Å². The number of fused-ring (bicyclic) bond motifs is 1. The van der Waals surface area contributed by atoms with Crippen molar-refractivity contribution in [3.05, 3.63) is 108 Å². The molecule has 0 aliphatic carbocycles. The monoisotopic (exact) mass is 427 g/mol. The van der Waals surface area contributed by atoms with E-state index >= 15 is 0 Å². The molecule has 0 bridgehead atoms. The van der Waals surface area contributed by atoms with E-state index in [2.05, 4.69) is 69.4 Å². The first-order chi connectivity index (χ1) is 14.8. The van der Waals surface area contributed by atoms with Crippen LogP contribution in [0.2, 0.25) is 5.02 Å². The highest BCUT2D eigenvalue weighted by molar-refractivity contribution is 7.98. The van der Waals surface area contributed by atoms with Crippen LogP contribution in [0.5, 0.6) is 0 Å². The third kappa shape index (κ3) is 3.72. The number of rotatable bonds is 5. The third-order valence-electron chi connectivity index (χ3n) is 4.99. The Hall–Kier alpha value is -3.08. The van der Waals surface area contributed by atoms with Gasteiger partial charge in [0.1, 0.15) is 0 Å². The number of thioether (sulfide) groups is 1. The summed E-state index contributed by atoms with van der Waals surface area (Å²) in [6, 6.07) is 32.8. The van der Waals surface area contributed by atoms with Gasteiger partial charge in [-0.1, -0.05) is 84.0 Å². The second kappa shape index (κ2) is 8.34. The molecule has 0 aliphatic rings. The number of aromatic nitrogens is 3. The van der Waals surface area contributed by atoms with Gasteiger partial charge in [-0.15, -0.1) is 10.2 Å². The lowest BCUT2D eigenvalue weighted by Crippen LogP contribution is -1.99. The molecule has 0 radical (unpaired) electrons. The quantitative estimate of drug-likeness (QED) is 0.282. The van der Waals surface area contributed by atoms with Gasteiger partial charge in [0.25, 0.3) is 0 Å². The average molecular weight is 428 g/mol. The smallest absolute Gasteiger partial charge is 0.196 e. The topological polar surface area (TPSA) is 30.7 Å². The molecule has 1 heterocycles. The molecule has 0 atom stereocenters. The molecule has 0 amide bonds. The predicted molar refractivity (Wildman–Crippen MR) is 125 cm³/mol. The molecular formula is C25H18ClN3S. The Morgan fingerprint density at radius 1 is 0.733 bits per heavy atom. The molecule has 0 spiro atoms. The van der Waals surface area contributed by atoms with Gasteiger partial charge in [0.15, 0.2) is 11.0 Å². The summed E-state index contributed by atoms with van der Waals surface area (Å²) in [7, 11) is 0. The average Bonchev–Trinajstić information content (AvgIpc) is 3.22. The summed E-state index contributed by atoms with van der Waals surface area (Å²) < 4.78 is 2.11. The van der Waals surface area contributed by atoms with E-state index in [0.717, 1.165) is 28.0 Å². The van der Waals surface area contributed by atoms with Gasteiger partial charge in [0, 0.05) is 22.0 Å². The van der Waals surface area contributed by atoms with Crippen LogP contribution in [0.1, 0.15) is 5.56 Å². The van der Waals surface area contributed by atoms with Crippen LogP contribution >= 0.6 is 23.4 Å². The van der Waals surface area contributed by atoms with Crippen molar-refractivity contribution in [2.24, 2.45) is 0 Å². The summed E-state index contributed by atoms with van der Waals surface area (Å²) in [4.78, 5) is 0. The van der Waals surface area contributed by atoms with E-state index in [1.165, 1.54) is 16.3 Å². The second-order valence-corrected chi connectivity index (χ2v) is 8.29. The van der Waals surface area contributed by atoms with Crippen molar-refractivity contribution in [3.8, 4) is 17.1 Å². The van der Waals surface area contributed by atoms with E-state index in [0.29, 0.717) is 5.02 Å². The maximum atomic E-state index is 6.08. The molecule has 5 rings (SSSR count). The minimum atomic E-state index is 0.704. The third-order valence-corrected chi connectivity index (χ3v) is 6.22. The molecule has 0 fully saturated rings. The molecule has 0 aliphatic heterocycles. The molecule has 5 heteroatoms. The van der Waals surface area contributed by atoms with Crippen molar-refractivity contribution in [1.82, 2.24) is 14.8 Å². The second-order valence-electron chi connectivity index (χ2n) is 6.91. The van der Waals surface area contributed by atoms with E-state index in [1.807, 2.05) is 42.5 Å². The largest absolute Gasteiger partial charge is 0.270 e. The Bertz CT molecular complexity index is 1290. The van der Waals surface area contributed by atoms with Crippen LogP contribution < -0.4 is 0 Å². The number of hydrogen-bond acceptors (Lipinski definition) is 3. The summed E-state index contributed by atoms with van der Waals surface area (Å²) in [6.45, 7) is 0. The van der Waals surface area contributed by atoms with Gasteiger partial charge in [-0.3, -0.25) is 4.57 Å². The van der Waals surface area contributed by atoms with Crippen LogP contribution in [0.4, 0.5) is 0 Å². The fourth-order valence-corrected chi connectivity index (χ4v) is 4.60. The van der Waals surface area contributed by atoms with Gasteiger partial charge >= 0.3 is 0 Å². The fraction of sp³-hybridized carbons (Fsp3) is 0.0400. The Balaban J connectivity index is 1.54. The maximum absolute atomic E-state index is 6.08. The molecule has 0 saturated carbocycles. The molecule has 3 nitrogen and oxygen atoms in total. The van der Waals surface area contributed by atoms with Crippen LogP contribution in [-0.2, 0) is 5.75 Å². The maximum Gasteiger partial charge on any atom is 0.196 e. The lowest BCUT2D eigenvalue weighted by Gasteiger charge is -2.11. The normalized spacial score (nSPS) is 11.1. The molecule has 0 saturated heterocycles. The molecule has 0 unspecified atom stereocenters. The highest BCUT2D eigenvalue weighted by Gasteiger charge is 2.16. The van der Waals surface area contributed by atoms with E-state index in [1.54, 1.807) is 11.8 Å². The van der Waals surface area contributed by atoms with E-state index in [9.17, 15) is 0 Å². The number of halogens is 1. The molecule has 0 N–H and O–H groups in total. The molecule has 4 aromatic carbocycles. The molecule has 146 valence electrons. The SMILES string of the molecule is Clc1ccc(-c2nnc(SCc3cccc4ccccc34)n2-c2ccccc2)cc1. The van der Waals surface area contributed by atoms with E-state index in [-0.39, 0.29) is 0 Å². The first-order valence-electron chi connectivity index (χ1n) is 9.66. The number of hydrogen-bond donors (Lipinski definition) is 0. The van der Waals surface area contributed by atoms with Gasteiger partial charge in [-0.05, 0) is 52.7 Å². The van der Waals surface area contributed by atoms with Gasteiger partial charge in [0.05, 0.1) is 0 Å². The molecule has 1 aromatic heterocycles. The van der Waals surface area contributed by atoms with Crippen molar-refractivity contribution in [1.29, 1.82) is 0 Å². The highest BCUT2D eigenvalue weighted by atomic mass is 35.5. The summed E-state index contributed by atoms with van der Waals surface area (Å²) in [5.41, 5.74) is 3.30. The van der Waals surface area contributed by atoms with Crippen molar-refractivity contribution >= 4 is 34.1 Å². The van der Waals surface area contributed by atoms with Crippen LogP contribution in [0, 0.1) is 0 Å². The molecule has 5 aromatic rings. The van der Waals surface area contributed by atoms with Crippen molar-refractivity contribution in [2.75, 3.05) is 0 Å². The van der Waals surface area contributed by atoms with E-state index in [4.69, 9.17) is 11.6 Å². The first-order valence-corrected chi connectivity index (χ1v) is 11.0. The van der Waals surface area contributed by atoms with Crippen LogP contribution in [0.3, 0.4) is 0 Å². The van der Waals surface area contributed by atoms with Gasteiger partial charge in [-0.25, -0.2) is 0 Å². The molecule has 30 heavy (non-hydrogen) atoms. The van der Waals surface area contributed by atoms with Crippen molar-refractivity contribution < 1.29 is 0 Å². The molecular weight excluding hydrogens is 410 g/mol. The Morgan fingerprint density at radius 3 is 2.30 bits per heavy atom. The standard InChI is InChI=1S/C25H18ClN3S/c26-21-15-13-19(14-16-21)24-27-28-25(29(24)22-10-2-1-3-11-22)30-17-20-9-6-8-18-7-4-5-12-23(18)20/h1-16H,17H2. The summed E-state index contributed by atoms with van der Waals surface area (Å²) in [6.07, 6.45) is 0. The Morgan fingerprint density at radius 2 is 1.47 bits per heavy atom.